The molecule has 1 heterocycles. The smallest absolute Gasteiger partial charge is 0.161 e. The van der Waals surface area contributed by atoms with Crippen LogP contribution in [0.4, 0.5) is 0 Å². The molecule has 0 saturated carbocycles. The van der Waals surface area contributed by atoms with Gasteiger partial charge in [0, 0.05) is 12.4 Å². The van der Waals surface area contributed by atoms with Gasteiger partial charge in [-0.2, -0.15) is 5.10 Å². The van der Waals surface area contributed by atoms with Gasteiger partial charge in [-0.1, -0.05) is 6.07 Å². The van der Waals surface area contributed by atoms with Crippen LogP contribution in [0.25, 0.3) is 0 Å². The van der Waals surface area contributed by atoms with Gasteiger partial charge < -0.3 is 14.6 Å². The fourth-order valence-corrected chi connectivity index (χ4v) is 1.75. The lowest BCUT2D eigenvalue weighted by Gasteiger charge is -2.13. The first-order valence-corrected chi connectivity index (χ1v) is 6.17. The summed E-state index contributed by atoms with van der Waals surface area (Å²) in [6.07, 6.45) is 3.10. The number of ether oxygens (including phenoxy) is 2. The summed E-state index contributed by atoms with van der Waals surface area (Å²) in [7, 11) is 1.58. The highest BCUT2D eigenvalue weighted by molar-refractivity contribution is 5.43. The van der Waals surface area contributed by atoms with Gasteiger partial charge in [-0.25, -0.2) is 0 Å². The summed E-state index contributed by atoms with van der Waals surface area (Å²) in [5.41, 5.74) is 0.802. The van der Waals surface area contributed by atoms with Crippen LogP contribution in [-0.2, 0) is 6.54 Å². The van der Waals surface area contributed by atoms with Gasteiger partial charge in [-0.05, 0) is 30.7 Å². The molecule has 1 aromatic carbocycles. The second-order valence-corrected chi connectivity index (χ2v) is 4.20. The molecule has 0 aliphatic carbocycles. The van der Waals surface area contributed by atoms with Crippen molar-refractivity contribution in [3.63, 3.8) is 0 Å². The first kappa shape index (κ1) is 13.4. The van der Waals surface area contributed by atoms with E-state index in [-0.39, 0.29) is 0 Å². The molecule has 0 fully saturated rings. The number of benzene rings is 1. The highest BCUT2D eigenvalue weighted by Gasteiger charge is 2.08. The number of aliphatic hydroxyl groups is 1. The van der Waals surface area contributed by atoms with E-state index in [0.717, 1.165) is 5.56 Å². The third kappa shape index (κ3) is 3.48. The van der Waals surface area contributed by atoms with E-state index in [1.165, 1.54) is 0 Å². The molecule has 0 aliphatic rings. The normalized spacial score (nSPS) is 12.2. The molecule has 1 unspecified atom stereocenters. The van der Waals surface area contributed by atoms with Crippen molar-refractivity contribution >= 4 is 0 Å². The maximum Gasteiger partial charge on any atom is 0.161 e. The van der Waals surface area contributed by atoms with E-state index in [0.29, 0.717) is 24.7 Å². The Balaban J connectivity index is 1.99. The van der Waals surface area contributed by atoms with Crippen LogP contribution in [0.15, 0.2) is 36.7 Å². The fourth-order valence-electron chi connectivity index (χ4n) is 1.75. The van der Waals surface area contributed by atoms with Crippen LogP contribution < -0.4 is 9.47 Å². The van der Waals surface area contributed by atoms with E-state index in [2.05, 4.69) is 5.10 Å². The van der Waals surface area contributed by atoms with Crippen LogP contribution in [0.3, 0.4) is 0 Å². The summed E-state index contributed by atoms with van der Waals surface area (Å²) in [5.74, 6) is 1.29. The molecule has 19 heavy (non-hydrogen) atoms. The van der Waals surface area contributed by atoms with Crippen LogP contribution in [0.1, 0.15) is 18.6 Å². The number of hydrogen-bond acceptors (Lipinski definition) is 4. The van der Waals surface area contributed by atoms with Crippen LogP contribution in [0.2, 0.25) is 0 Å². The number of hydrogen-bond donors (Lipinski definition) is 1. The van der Waals surface area contributed by atoms with E-state index in [1.807, 2.05) is 24.4 Å². The third-order valence-electron chi connectivity index (χ3n) is 2.81. The van der Waals surface area contributed by atoms with E-state index in [9.17, 15) is 5.11 Å². The fraction of sp³-hybridized carbons (Fsp3) is 0.357. The average Bonchev–Trinajstić information content (AvgIpc) is 2.92. The molecule has 1 aromatic heterocycles. The van der Waals surface area contributed by atoms with Crippen LogP contribution >= 0.6 is 0 Å². The predicted octanol–water partition coefficient (Wildman–Crippen LogP) is 2.02. The highest BCUT2D eigenvalue weighted by atomic mass is 16.5. The molecule has 0 bridgehead atoms. The average molecular weight is 262 g/mol. The number of methoxy groups -OCH3 is 1. The van der Waals surface area contributed by atoms with Crippen molar-refractivity contribution in [2.45, 2.75) is 19.6 Å². The molecule has 0 spiro atoms. The molecule has 0 aliphatic heterocycles. The Bertz CT molecular complexity index is 509. The Labute approximate surface area is 112 Å². The first-order valence-electron chi connectivity index (χ1n) is 6.17. The van der Waals surface area contributed by atoms with Crippen LogP contribution in [0, 0.1) is 0 Å². The molecule has 5 nitrogen and oxygen atoms in total. The van der Waals surface area contributed by atoms with Gasteiger partial charge in [-0.3, -0.25) is 4.68 Å². The minimum absolute atomic E-state index is 0.506. The van der Waals surface area contributed by atoms with Gasteiger partial charge in [0.15, 0.2) is 11.5 Å². The van der Waals surface area contributed by atoms with Crippen molar-refractivity contribution < 1.29 is 14.6 Å². The topological polar surface area (TPSA) is 56.5 Å². The van der Waals surface area contributed by atoms with Crippen molar-refractivity contribution in [1.82, 2.24) is 9.78 Å². The number of nitrogens with zero attached hydrogens (tertiary/aromatic N) is 2. The quantitative estimate of drug-likeness (QED) is 0.865. The lowest BCUT2D eigenvalue weighted by atomic mass is 10.1. The molecule has 1 atom stereocenters. The zero-order valence-corrected chi connectivity index (χ0v) is 11.1. The summed E-state index contributed by atoms with van der Waals surface area (Å²) in [6.45, 7) is 2.90. The van der Waals surface area contributed by atoms with Crippen molar-refractivity contribution in [1.29, 1.82) is 0 Å². The number of aliphatic hydroxyl groups excluding tert-OH is 1. The lowest BCUT2D eigenvalue weighted by Crippen LogP contribution is -2.09. The molecule has 0 radical (unpaired) electrons. The largest absolute Gasteiger partial charge is 0.493 e. The van der Waals surface area contributed by atoms with Crippen molar-refractivity contribution in [3.05, 3.63) is 42.2 Å². The molecule has 2 aromatic rings. The van der Waals surface area contributed by atoms with Crippen molar-refractivity contribution in [3.8, 4) is 11.5 Å². The monoisotopic (exact) mass is 262 g/mol. The van der Waals surface area contributed by atoms with Gasteiger partial charge >= 0.3 is 0 Å². The molecule has 5 heteroatoms. The Morgan fingerprint density at radius 3 is 2.84 bits per heavy atom. The first-order chi connectivity index (χ1) is 9.20. The number of rotatable bonds is 6. The molecular formula is C14H18N2O3. The summed E-state index contributed by atoms with van der Waals surface area (Å²) in [4.78, 5) is 0. The SMILES string of the molecule is COc1cc(C(C)O)ccc1OCCn1cccn1. The zero-order valence-electron chi connectivity index (χ0n) is 11.1. The highest BCUT2D eigenvalue weighted by Crippen LogP contribution is 2.30. The molecular weight excluding hydrogens is 244 g/mol. The number of aromatic nitrogens is 2. The van der Waals surface area contributed by atoms with Gasteiger partial charge in [0.25, 0.3) is 0 Å². The van der Waals surface area contributed by atoms with E-state index in [1.54, 1.807) is 31.0 Å². The Morgan fingerprint density at radius 1 is 1.37 bits per heavy atom. The van der Waals surface area contributed by atoms with Crippen molar-refractivity contribution in [2.75, 3.05) is 13.7 Å². The predicted molar refractivity (Wildman–Crippen MR) is 71.3 cm³/mol. The summed E-state index contributed by atoms with van der Waals surface area (Å²) in [5, 5.41) is 13.6. The molecule has 1 N–H and O–H groups in total. The Hall–Kier alpha value is -2.01. The van der Waals surface area contributed by atoms with E-state index < -0.39 is 6.10 Å². The Morgan fingerprint density at radius 2 is 2.21 bits per heavy atom. The minimum Gasteiger partial charge on any atom is -0.493 e. The standard InChI is InChI=1S/C14H18N2O3/c1-11(17)12-4-5-13(14(10-12)18-2)19-9-8-16-7-3-6-15-16/h3-7,10-11,17H,8-9H2,1-2H3. The van der Waals surface area contributed by atoms with Crippen LogP contribution in [-0.4, -0.2) is 28.6 Å². The zero-order chi connectivity index (χ0) is 13.7. The molecule has 2 rings (SSSR count). The van der Waals surface area contributed by atoms with E-state index in [4.69, 9.17) is 9.47 Å². The summed E-state index contributed by atoms with van der Waals surface area (Å²) >= 11 is 0. The molecule has 102 valence electrons. The van der Waals surface area contributed by atoms with Gasteiger partial charge in [-0.15, -0.1) is 0 Å². The maximum atomic E-state index is 9.53. The minimum atomic E-state index is -0.521. The summed E-state index contributed by atoms with van der Waals surface area (Å²) < 4.78 is 12.7. The van der Waals surface area contributed by atoms with E-state index >= 15 is 0 Å². The maximum absolute atomic E-state index is 9.53. The van der Waals surface area contributed by atoms with Crippen LogP contribution in [0.5, 0.6) is 11.5 Å². The lowest BCUT2D eigenvalue weighted by molar-refractivity contribution is 0.198. The Kier molecular flexibility index (Phi) is 4.41. The third-order valence-corrected chi connectivity index (χ3v) is 2.81. The van der Waals surface area contributed by atoms with Gasteiger partial charge in [0.1, 0.15) is 6.61 Å². The second kappa shape index (κ2) is 6.24. The van der Waals surface area contributed by atoms with Crippen molar-refractivity contribution in [2.24, 2.45) is 0 Å². The molecule has 0 amide bonds. The summed E-state index contributed by atoms with van der Waals surface area (Å²) in [6, 6.07) is 7.30. The second-order valence-electron chi connectivity index (χ2n) is 4.20. The van der Waals surface area contributed by atoms with Gasteiger partial charge in [0.2, 0.25) is 0 Å². The van der Waals surface area contributed by atoms with Gasteiger partial charge in [0.05, 0.1) is 19.8 Å². The molecule has 0 saturated heterocycles.